The number of nitrogens with one attached hydrogen (secondary N) is 1. The third-order valence-corrected chi connectivity index (χ3v) is 3.85. The molecule has 0 radical (unpaired) electrons. The molecule has 0 aromatic carbocycles. The van der Waals surface area contributed by atoms with Gasteiger partial charge in [-0.05, 0) is 66.1 Å². The van der Waals surface area contributed by atoms with Gasteiger partial charge in [-0.15, -0.1) is 0 Å². The highest BCUT2D eigenvalue weighted by atomic mass is 79.9. The van der Waals surface area contributed by atoms with Gasteiger partial charge >= 0.3 is 0 Å². The molecular formula is C13H19BrN2O. The van der Waals surface area contributed by atoms with Crippen LogP contribution >= 0.6 is 15.9 Å². The number of aliphatic hydroxyl groups is 1. The molecule has 1 aromatic heterocycles. The Hall–Kier alpha value is -0.610. The summed E-state index contributed by atoms with van der Waals surface area (Å²) in [5.41, 5.74) is 1.16. The second kappa shape index (κ2) is 5.83. The highest BCUT2D eigenvalue weighted by Gasteiger charge is 2.19. The fraction of sp³-hybridized carbons (Fsp3) is 0.615. The second-order valence-electron chi connectivity index (χ2n) is 4.87. The van der Waals surface area contributed by atoms with Crippen LogP contribution in [0.3, 0.4) is 0 Å². The summed E-state index contributed by atoms with van der Waals surface area (Å²) in [5, 5.41) is 12.9. The Balaban J connectivity index is 1.85. The lowest BCUT2D eigenvalue weighted by atomic mass is 9.87. The van der Waals surface area contributed by atoms with Crippen LogP contribution in [-0.4, -0.2) is 22.7 Å². The van der Waals surface area contributed by atoms with E-state index in [1.807, 2.05) is 6.20 Å². The van der Waals surface area contributed by atoms with Gasteiger partial charge in [0.1, 0.15) is 5.82 Å². The van der Waals surface area contributed by atoms with E-state index >= 15 is 0 Å². The zero-order valence-electron chi connectivity index (χ0n) is 10.1. The molecule has 0 saturated heterocycles. The molecule has 0 amide bonds. The third-order valence-electron chi connectivity index (χ3n) is 3.42. The van der Waals surface area contributed by atoms with Crippen LogP contribution in [0.15, 0.2) is 16.7 Å². The smallest absolute Gasteiger partial charge is 0.128 e. The van der Waals surface area contributed by atoms with E-state index in [4.69, 9.17) is 0 Å². The first-order valence-corrected chi connectivity index (χ1v) is 6.98. The standard InChI is InChI=1S/C13H19BrN2O/c1-9-6-11(14)8-16-13(9)15-7-10-2-4-12(17)5-3-10/h6,8,10,12,17H,2-5,7H2,1H3,(H,15,16). The van der Waals surface area contributed by atoms with Gasteiger partial charge in [-0.1, -0.05) is 0 Å². The van der Waals surface area contributed by atoms with E-state index in [1.54, 1.807) is 0 Å². The molecule has 1 aromatic rings. The van der Waals surface area contributed by atoms with Gasteiger partial charge in [0, 0.05) is 17.2 Å². The Kier molecular flexibility index (Phi) is 4.40. The largest absolute Gasteiger partial charge is 0.393 e. The summed E-state index contributed by atoms with van der Waals surface area (Å²) in [4.78, 5) is 4.37. The Morgan fingerprint density at radius 2 is 2.12 bits per heavy atom. The van der Waals surface area contributed by atoms with Crippen molar-refractivity contribution in [2.24, 2.45) is 5.92 Å². The van der Waals surface area contributed by atoms with Crippen molar-refractivity contribution in [2.75, 3.05) is 11.9 Å². The summed E-state index contributed by atoms with van der Waals surface area (Å²) in [7, 11) is 0. The molecule has 1 saturated carbocycles. The van der Waals surface area contributed by atoms with Gasteiger partial charge < -0.3 is 10.4 Å². The number of aliphatic hydroxyl groups excluding tert-OH is 1. The quantitative estimate of drug-likeness (QED) is 0.901. The van der Waals surface area contributed by atoms with Crippen molar-refractivity contribution in [2.45, 2.75) is 38.7 Å². The lowest BCUT2D eigenvalue weighted by molar-refractivity contribution is 0.111. The van der Waals surface area contributed by atoms with Crippen LogP contribution in [0.5, 0.6) is 0 Å². The molecule has 3 nitrogen and oxygen atoms in total. The Morgan fingerprint density at radius 3 is 2.76 bits per heavy atom. The van der Waals surface area contributed by atoms with Gasteiger partial charge in [0.05, 0.1) is 6.10 Å². The van der Waals surface area contributed by atoms with Crippen molar-refractivity contribution >= 4 is 21.7 Å². The van der Waals surface area contributed by atoms with Crippen LogP contribution in [0.1, 0.15) is 31.2 Å². The molecule has 1 heterocycles. The number of halogens is 1. The molecule has 17 heavy (non-hydrogen) atoms. The van der Waals surface area contributed by atoms with Crippen molar-refractivity contribution < 1.29 is 5.11 Å². The van der Waals surface area contributed by atoms with Gasteiger partial charge in [0.2, 0.25) is 0 Å². The normalized spacial score (nSPS) is 24.6. The summed E-state index contributed by atoms with van der Waals surface area (Å²) in [6.45, 7) is 3.02. The minimum absolute atomic E-state index is 0.0706. The van der Waals surface area contributed by atoms with Crippen molar-refractivity contribution in [3.8, 4) is 0 Å². The first-order valence-electron chi connectivity index (χ1n) is 6.19. The van der Waals surface area contributed by atoms with Crippen LogP contribution in [0.25, 0.3) is 0 Å². The van der Waals surface area contributed by atoms with E-state index in [9.17, 15) is 5.11 Å². The van der Waals surface area contributed by atoms with E-state index in [-0.39, 0.29) is 6.10 Å². The Morgan fingerprint density at radius 1 is 1.41 bits per heavy atom. The fourth-order valence-electron chi connectivity index (χ4n) is 2.32. The topological polar surface area (TPSA) is 45.2 Å². The fourth-order valence-corrected chi connectivity index (χ4v) is 2.76. The summed E-state index contributed by atoms with van der Waals surface area (Å²) in [6.07, 6.45) is 5.87. The predicted octanol–water partition coefficient (Wildman–Crippen LogP) is 3.12. The van der Waals surface area contributed by atoms with E-state index in [0.717, 1.165) is 48.1 Å². The number of anilines is 1. The number of aryl methyl sites for hydroxylation is 1. The number of pyridine rings is 1. The summed E-state index contributed by atoms with van der Waals surface area (Å²) in [5.74, 6) is 1.64. The molecule has 94 valence electrons. The highest BCUT2D eigenvalue weighted by molar-refractivity contribution is 9.10. The molecule has 0 atom stereocenters. The molecule has 0 bridgehead atoms. The van der Waals surface area contributed by atoms with Crippen molar-refractivity contribution in [1.29, 1.82) is 0 Å². The predicted molar refractivity (Wildman–Crippen MR) is 73.1 cm³/mol. The number of hydrogen-bond donors (Lipinski definition) is 2. The van der Waals surface area contributed by atoms with Crippen LogP contribution < -0.4 is 5.32 Å². The molecule has 2 rings (SSSR count). The Labute approximate surface area is 111 Å². The summed E-state index contributed by atoms with van der Waals surface area (Å²) >= 11 is 3.41. The number of aromatic nitrogens is 1. The van der Waals surface area contributed by atoms with Gasteiger partial charge in [0.25, 0.3) is 0 Å². The first kappa shape index (κ1) is 12.8. The molecule has 4 heteroatoms. The van der Waals surface area contributed by atoms with Gasteiger partial charge in [-0.2, -0.15) is 0 Å². The number of nitrogens with zero attached hydrogens (tertiary/aromatic N) is 1. The molecular weight excluding hydrogens is 280 g/mol. The average molecular weight is 299 g/mol. The first-order chi connectivity index (χ1) is 8.15. The van der Waals surface area contributed by atoms with Crippen molar-refractivity contribution in [1.82, 2.24) is 4.98 Å². The monoisotopic (exact) mass is 298 g/mol. The lowest BCUT2D eigenvalue weighted by Crippen LogP contribution is -2.24. The maximum atomic E-state index is 9.45. The maximum absolute atomic E-state index is 9.45. The SMILES string of the molecule is Cc1cc(Br)cnc1NCC1CCC(O)CC1. The Bertz CT molecular complexity index is 376. The average Bonchev–Trinajstić information content (AvgIpc) is 2.30. The van der Waals surface area contributed by atoms with Gasteiger partial charge in [-0.25, -0.2) is 4.98 Å². The van der Waals surface area contributed by atoms with Gasteiger partial charge in [-0.3, -0.25) is 0 Å². The molecule has 0 spiro atoms. The number of rotatable bonds is 3. The third kappa shape index (κ3) is 3.68. The molecule has 1 aliphatic carbocycles. The van der Waals surface area contributed by atoms with E-state index in [0.29, 0.717) is 5.92 Å². The van der Waals surface area contributed by atoms with Crippen LogP contribution in [0.4, 0.5) is 5.82 Å². The van der Waals surface area contributed by atoms with E-state index in [2.05, 4.69) is 39.2 Å². The van der Waals surface area contributed by atoms with E-state index in [1.165, 1.54) is 0 Å². The lowest BCUT2D eigenvalue weighted by Gasteiger charge is -2.25. The van der Waals surface area contributed by atoms with Crippen LogP contribution in [-0.2, 0) is 0 Å². The molecule has 0 unspecified atom stereocenters. The molecule has 1 aliphatic rings. The van der Waals surface area contributed by atoms with Crippen LogP contribution in [0.2, 0.25) is 0 Å². The van der Waals surface area contributed by atoms with Crippen molar-refractivity contribution in [3.05, 3.63) is 22.3 Å². The zero-order valence-corrected chi connectivity index (χ0v) is 11.7. The zero-order chi connectivity index (χ0) is 12.3. The summed E-state index contributed by atoms with van der Waals surface area (Å²) in [6, 6.07) is 2.07. The highest BCUT2D eigenvalue weighted by Crippen LogP contribution is 2.25. The number of hydrogen-bond acceptors (Lipinski definition) is 3. The van der Waals surface area contributed by atoms with Gasteiger partial charge in [0.15, 0.2) is 0 Å². The van der Waals surface area contributed by atoms with Crippen molar-refractivity contribution in [3.63, 3.8) is 0 Å². The summed E-state index contributed by atoms with van der Waals surface area (Å²) < 4.78 is 1.02. The maximum Gasteiger partial charge on any atom is 0.128 e. The van der Waals surface area contributed by atoms with Crippen LogP contribution in [0, 0.1) is 12.8 Å². The molecule has 1 fully saturated rings. The minimum Gasteiger partial charge on any atom is -0.393 e. The second-order valence-corrected chi connectivity index (χ2v) is 5.79. The molecule has 2 N–H and O–H groups in total. The molecule has 0 aliphatic heterocycles. The van der Waals surface area contributed by atoms with E-state index < -0.39 is 0 Å². The minimum atomic E-state index is -0.0706.